The number of halogens is 3. The molecule has 1 saturated carbocycles. The van der Waals surface area contributed by atoms with E-state index in [1.807, 2.05) is 30.3 Å². The second-order valence-electron chi connectivity index (χ2n) is 6.23. The molecule has 0 saturated heterocycles. The van der Waals surface area contributed by atoms with Crippen molar-refractivity contribution in [2.45, 2.75) is 37.5 Å². The number of benzene rings is 1. The second-order valence-corrected chi connectivity index (χ2v) is 6.23. The van der Waals surface area contributed by atoms with Crippen molar-refractivity contribution in [2.24, 2.45) is 0 Å². The van der Waals surface area contributed by atoms with E-state index in [1.54, 1.807) is 0 Å². The predicted octanol–water partition coefficient (Wildman–Crippen LogP) is 3.06. The van der Waals surface area contributed by atoms with Crippen molar-refractivity contribution < 1.29 is 18.0 Å². The van der Waals surface area contributed by atoms with Crippen LogP contribution in [0.4, 0.5) is 13.2 Å². The van der Waals surface area contributed by atoms with E-state index in [4.69, 9.17) is 0 Å². The molecule has 0 aliphatic heterocycles. The van der Waals surface area contributed by atoms with Crippen LogP contribution in [-0.4, -0.2) is 10.5 Å². The van der Waals surface area contributed by atoms with Gasteiger partial charge in [0.1, 0.15) is 6.54 Å². The van der Waals surface area contributed by atoms with Gasteiger partial charge in [0.05, 0.1) is 11.1 Å². The molecule has 3 rings (SSSR count). The van der Waals surface area contributed by atoms with E-state index < -0.39 is 35.3 Å². The number of hydrogen-bond acceptors (Lipinski definition) is 2. The molecular formula is C18H17F3N2O2. The van der Waals surface area contributed by atoms with Crippen LogP contribution in [0, 0.1) is 0 Å². The Morgan fingerprint density at radius 2 is 1.80 bits per heavy atom. The Hall–Kier alpha value is -2.57. The van der Waals surface area contributed by atoms with Gasteiger partial charge in [0.15, 0.2) is 0 Å². The highest BCUT2D eigenvalue weighted by molar-refractivity contribution is 5.77. The summed E-state index contributed by atoms with van der Waals surface area (Å²) in [6, 6.07) is 11.0. The fraction of sp³-hybridized carbons (Fsp3) is 0.333. The van der Waals surface area contributed by atoms with Gasteiger partial charge in [-0.2, -0.15) is 13.2 Å². The average molecular weight is 350 g/mol. The van der Waals surface area contributed by atoms with E-state index in [9.17, 15) is 22.8 Å². The number of hydrogen-bond donors (Lipinski definition) is 1. The van der Waals surface area contributed by atoms with Crippen LogP contribution in [0.3, 0.4) is 0 Å². The van der Waals surface area contributed by atoms with Crippen LogP contribution in [0.25, 0.3) is 0 Å². The Morgan fingerprint density at radius 3 is 2.36 bits per heavy atom. The Bertz CT molecular complexity index is 824. The van der Waals surface area contributed by atoms with E-state index >= 15 is 0 Å². The number of pyridine rings is 1. The summed E-state index contributed by atoms with van der Waals surface area (Å²) in [6.07, 6.45) is -1.40. The molecule has 2 aromatic rings. The minimum Gasteiger partial charge on any atom is -0.345 e. The number of nitrogens with one attached hydrogen (secondary N) is 1. The monoisotopic (exact) mass is 350 g/mol. The number of amides is 1. The summed E-state index contributed by atoms with van der Waals surface area (Å²) in [5, 5.41) is 2.90. The normalized spacial score (nSPS) is 16.1. The van der Waals surface area contributed by atoms with Crippen LogP contribution in [0.2, 0.25) is 0 Å². The molecule has 7 heteroatoms. The van der Waals surface area contributed by atoms with Gasteiger partial charge in [-0.25, -0.2) is 0 Å². The van der Waals surface area contributed by atoms with Crippen molar-refractivity contribution in [3.8, 4) is 0 Å². The molecule has 1 heterocycles. The Morgan fingerprint density at radius 1 is 1.12 bits per heavy atom. The number of carbonyl (C=O) groups excluding carboxylic acids is 1. The number of rotatable bonds is 4. The lowest BCUT2D eigenvalue weighted by molar-refractivity contribution is -0.138. The van der Waals surface area contributed by atoms with Crippen molar-refractivity contribution in [1.29, 1.82) is 0 Å². The number of aromatic nitrogens is 1. The molecule has 1 aliphatic carbocycles. The van der Waals surface area contributed by atoms with Crippen molar-refractivity contribution >= 4 is 5.91 Å². The maximum Gasteiger partial charge on any atom is 0.417 e. The van der Waals surface area contributed by atoms with Crippen LogP contribution in [0.15, 0.2) is 53.5 Å². The highest BCUT2D eigenvalue weighted by Crippen LogP contribution is 2.41. The highest BCUT2D eigenvalue weighted by Gasteiger charge is 2.40. The zero-order valence-electron chi connectivity index (χ0n) is 13.3. The van der Waals surface area contributed by atoms with E-state index in [2.05, 4.69) is 5.32 Å². The molecule has 0 radical (unpaired) electrons. The summed E-state index contributed by atoms with van der Waals surface area (Å²) in [5.41, 5.74) is -1.14. The van der Waals surface area contributed by atoms with Gasteiger partial charge in [-0.05, 0) is 30.9 Å². The first kappa shape index (κ1) is 17.3. The van der Waals surface area contributed by atoms with Crippen molar-refractivity contribution in [2.75, 3.05) is 0 Å². The molecule has 1 aliphatic rings. The molecule has 0 atom stereocenters. The molecule has 1 fully saturated rings. The third kappa shape index (κ3) is 3.60. The summed E-state index contributed by atoms with van der Waals surface area (Å²) in [5.74, 6) is -0.482. The van der Waals surface area contributed by atoms with Gasteiger partial charge in [0, 0.05) is 12.3 Å². The molecule has 4 nitrogen and oxygen atoms in total. The van der Waals surface area contributed by atoms with E-state index in [0.717, 1.165) is 35.5 Å². The maximum absolute atomic E-state index is 12.8. The molecular weight excluding hydrogens is 333 g/mol. The van der Waals surface area contributed by atoms with Gasteiger partial charge in [0.2, 0.25) is 5.91 Å². The molecule has 1 N–H and O–H groups in total. The van der Waals surface area contributed by atoms with E-state index in [-0.39, 0.29) is 0 Å². The van der Waals surface area contributed by atoms with Crippen LogP contribution < -0.4 is 10.9 Å². The van der Waals surface area contributed by atoms with E-state index in [0.29, 0.717) is 12.3 Å². The molecule has 1 amide bonds. The first-order chi connectivity index (χ1) is 11.8. The third-order valence-electron chi connectivity index (χ3n) is 4.54. The first-order valence-electron chi connectivity index (χ1n) is 7.94. The Labute approximate surface area is 142 Å². The second kappa shape index (κ2) is 6.38. The number of alkyl halides is 3. The third-order valence-corrected chi connectivity index (χ3v) is 4.54. The van der Waals surface area contributed by atoms with Crippen LogP contribution in [-0.2, 0) is 23.1 Å². The van der Waals surface area contributed by atoms with Gasteiger partial charge < -0.3 is 9.88 Å². The fourth-order valence-electron chi connectivity index (χ4n) is 3.06. The molecule has 25 heavy (non-hydrogen) atoms. The minimum absolute atomic E-state index is 0.447. The summed E-state index contributed by atoms with van der Waals surface area (Å²) in [7, 11) is 0. The minimum atomic E-state index is -4.56. The molecule has 1 aromatic heterocycles. The smallest absolute Gasteiger partial charge is 0.345 e. The number of nitrogens with zero attached hydrogens (tertiary/aromatic N) is 1. The van der Waals surface area contributed by atoms with Crippen LogP contribution in [0.5, 0.6) is 0 Å². The van der Waals surface area contributed by atoms with Crippen molar-refractivity contribution in [3.63, 3.8) is 0 Å². The lowest BCUT2D eigenvalue weighted by Gasteiger charge is -2.43. The fourth-order valence-corrected chi connectivity index (χ4v) is 3.06. The topological polar surface area (TPSA) is 51.1 Å². The summed E-state index contributed by atoms with van der Waals surface area (Å²) in [4.78, 5) is 24.1. The SMILES string of the molecule is O=C(Cn1cc(C(F)(F)F)ccc1=O)NC1(c2ccccc2)CCC1. The predicted molar refractivity (Wildman–Crippen MR) is 85.8 cm³/mol. The Kier molecular flexibility index (Phi) is 4.41. The summed E-state index contributed by atoms with van der Waals surface area (Å²) in [6.45, 7) is -0.447. The van der Waals surface area contributed by atoms with Gasteiger partial charge in [-0.15, -0.1) is 0 Å². The summed E-state index contributed by atoms with van der Waals surface area (Å²) < 4.78 is 39.1. The van der Waals surface area contributed by atoms with Gasteiger partial charge in [-0.1, -0.05) is 30.3 Å². The standard InChI is InChI=1S/C18H17F3N2O2/c19-18(20,21)14-7-8-16(25)23(11-14)12-15(24)22-17(9-4-10-17)13-5-2-1-3-6-13/h1-3,5-8,11H,4,9-10,12H2,(H,22,24). The zero-order valence-corrected chi connectivity index (χ0v) is 13.3. The molecule has 0 spiro atoms. The van der Waals surface area contributed by atoms with Crippen LogP contribution >= 0.6 is 0 Å². The molecule has 0 bridgehead atoms. The van der Waals surface area contributed by atoms with E-state index in [1.165, 1.54) is 0 Å². The zero-order chi connectivity index (χ0) is 18.1. The quantitative estimate of drug-likeness (QED) is 0.921. The maximum atomic E-state index is 12.8. The van der Waals surface area contributed by atoms with Gasteiger partial charge in [-0.3, -0.25) is 9.59 Å². The first-order valence-corrected chi connectivity index (χ1v) is 7.94. The summed E-state index contributed by atoms with van der Waals surface area (Å²) >= 11 is 0. The highest BCUT2D eigenvalue weighted by atomic mass is 19.4. The molecule has 1 aromatic carbocycles. The average Bonchev–Trinajstić information content (AvgIpc) is 2.53. The van der Waals surface area contributed by atoms with Crippen molar-refractivity contribution in [3.05, 3.63) is 70.1 Å². The molecule has 0 unspecified atom stereocenters. The lowest BCUT2D eigenvalue weighted by atomic mass is 9.72. The molecule has 132 valence electrons. The Balaban J connectivity index is 1.78. The van der Waals surface area contributed by atoms with Gasteiger partial charge >= 0.3 is 6.18 Å². The van der Waals surface area contributed by atoms with Crippen LogP contribution in [0.1, 0.15) is 30.4 Å². The largest absolute Gasteiger partial charge is 0.417 e. The lowest BCUT2D eigenvalue weighted by Crippen LogP contribution is -2.52. The van der Waals surface area contributed by atoms with Gasteiger partial charge in [0.25, 0.3) is 5.56 Å². The van der Waals surface area contributed by atoms with Crippen molar-refractivity contribution in [1.82, 2.24) is 9.88 Å². The number of carbonyl (C=O) groups is 1.